The minimum Gasteiger partial charge on any atom is -0.379 e. The van der Waals surface area contributed by atoms with Crippen LogP contribution in [0.5, 0.6) is 0 Å². The molecule has 192 valence electrons. The van der Waals surface area contributed by atoms with E-state index in [0.717, 1.165) is 32.3 Å². The molecule has 0 aliphatic carbocycles. The van der Waals surface area contributed by atoms with Crippen molar-refractivity contribution in [1.82, 2.24) is 0 Å². The summed E-state index contributed by atoms with van der Waals surface area (Å²) in [6.07, 6.45) is 3.04. The maximum atomic E-state index is 10.6. The van der Waals surface area contributed by atoms with Crippen molar-refractivity contribution in [2.45, 2.75) is 26.7 Å². The highest BCUT2D eigenvalue weighted by atomic mass is 32.2. The fourth-order valence-electron chi connectivity index (χ4n) is 1.77. The Morgan fingerprint density at radius 3 is 1.31 bits per heavy atom. The van der Waals surface area contributed by atoms with Crippen LogP contribution in [0.1, 0.15) is 26.7 Å². The van der Waals surface area contributed by atoms with E-state index in [1.165, 1.54) is 0 Å². The van der Waals surface area contributed by atoms with E-state index in [-0.39, 0.29) is 13.2 Å². The SMILES string of the molecule is CCCOCCOCCOCCN=[N+]=[N-].CCCOCCOCCOCCOS(C)(=O)=O. The minimum absolute atomic E-state index is 0.0401. The van der Waals surface area contributed by atoms with E-state index >= 15 is 0 Å². The van der Waals surface area contributed by atoms with Gasteiger partial charge < -0.3 is 28.4 Å². The summed E-state index contributed by atoms with van der Waals surface area (Å²) in [5, 5.41) is 3.33. The summed E-state index contributed by atoms with van der Waals surface area (Å²) >= 11 is 0. The van der Waals surface area contributed by atoms with Crippen LogP contribution < -0.4 is 0 Å². The van der Waals surface area contributed by atoms with E-state index < -0.39 is 10.1 Å². The summed E-state index contributed by atoms with van der Waals surface area (Å²) in [6.45, 7) is 11.1. The number of nitrogens with zero attached hydrogens (tertiary/aromatic N) is 3. The quantitative estimate of drug-likeness (QED) is 0.0695. The molecule has 0 radical (unpaired) electrons. The van der Waals surface area contributed by atoms with Crippen molar-refractivity contribution >= 4 is 10.1 Å². The monoisotopic (exact) mass is 487 g/mol. The van der Waals surface area contributed by atoms with E-state index in [1.54, 1.807) is 0 Å². The van der Waals surface area contributed by atoms with Gasteiger partial charge >= 0.3 is 0 Å². The van der Waals surface area contributed by atoms with E-state index in [2.05, 4.69) is 21.1 Å². The first-order valence-electron chi connectivity index (χ1n) is 10.8. The minimum atomic E-state index is -3.36. The Hall–Kier alpha value is -1.02. The van der Waals surface area contributed by atoms with Gasteiger partial charge in [0, 0.05) is 24.7 Å². The lowest BCUT2D eigenvalue weighted by Crippen LogP contribution is -2.13. The molecule has 0 aliphatic heterocycles. The van der Waals surface area contributed by atoms with Crippen LogP contribution in [0.15, 0.2) is 5.11 Å². The van der Waals surface area contributed by atoms with E-state index in [1.807, 2.05) is 6.92 Å². The predicted molar refractivity (Wildman–Crippen MR) is 120 cm³/mol. The summed E-state index contributed by atoms with van der Waals surface area (Å²) in [4.78, 5) is 2.61. The van der Waals surface area contributed by atoms with Crippen LogP contribution in [0, 0.1) is 0 Å². The molecule has 32 heavy (non-hydrogen) atoms. The molecule has 0 amide bonds. The van der Waals surface area contributed by atoms with Gasteiger partial charge in [0.2, 0.25) is 0 Å². The Morgan fingerprint density at radius 2 is 0.969 bits per heavy atom. The first-order chi connectivity index (χ1) is 15.5. The van der Waals surface area contributed by atoms with Crippen LogP contribution in [0.2, 0.25) is 0 Å². The zero-order valence-electron chi connectivity index (χ0n) is 19.7. The Bertz CT molecular complexity index is 518. The van der Waals surface area contributed by atoms with E-state index in [4.69, 9.17) is 34.0 Å². The number of ether oxygens (including phenoxy) is 6. The van der Waals surface area contributed by atoms with E-state index in [9.17, 15) is 8.42 Å². The summed E-state index contributed by atoms with van der Waals surface area (Å²) in [7, 11) is -3.36. The molecule has 0 aromatic heterocycles. The van der Waals surface area contributed by atoms with Crippen molar-refractivity contribution in [2.75, 3.05) is 98.7 Å². The summed E-state index contributed by atoms with van der Waals surface area (Å²) < 4.78 is 56.8. The molecular weight excluding hydrogens is 446 g/mol. The fourth-order valence-corrected chi connectivity index (χ4v) is 2.14. The lowest BCUT2D eigenvalue weighted by atomic mass is 10.5. The molecule has 0 atom stereocenters. The zero-order valence-corrected chi connectivity index (χ0v) is 20.6. The molecule has 0 aromatic carbocycles. The lowest BCUT2D eigenvalue weighted by Gasteiger charge is -2.06. The highest BCUT2D eigenvalue weighted by Gasteiger charge is 2.00. The van der Waals surface area contributed by atoms with Gasteiger partial charge in [-0.3, -0.25) is 4.18 Å². The second kappa shape index (κ2) is 28.0. The summed E-state index contributed by atoms with van der Waals surface area (Å²) in [5.41, 5.74) is 7.97. The maximum Gasteiger partial charge on any atom is 0.264 e. The third-order valence-corrected chi connectivity index (χ3v) is 3.70. The first-order valence-corrected chi connectivity index (χ1v) is 12.6. The maximum absolute atomic E-state index is 10.6. The average Bonchev–Trinajstić information content (AvgIpc) is 2.75. The van der Waals surface area contributed by atoms with Gasteiger partial charge in [-0.15, -0.1) is 0 Å². The van der Waals surface area contributed by atoms with Crippen LogP contribution in [0.4, 0.5) is 0 Å². The molecule has 0 unspecified atom stereocenters. The van der Waals surface area contributed by atoms with Crippen molar-refractivity contribution in [3.05, 3.63) is 10.4 Å². The number of azide groups is 1. The summed E-state index contributed by atoms with van der Waals surface area (Å²) in [6, 6.07) is 0. The standard InChI is InChI=1S/C10H22O6S.C9H19N3O3/c1-3-4-13-5-6-14-7-8-15-9-10-16-17(2,11)12;1-2-4-13-6-8-15-9-7-14-5-3-11-12-10/h3-10H2,1-2H3;2-9H2,1H3. The highest BCUT2D eigenvalue weighted by Crippen LogP contribution is 1.87. The second-order valence-electron chi connectivity index (χ2n) is 6.15. The largest absolute Gasteiger partial charge is 0.379 e. The van der Waals surface area contributed by atoms with Crippen molar-refractivity contribution < 1.29 is 41.0 Å². The second-order valence-corrected chi connectivity index (χ2v) is 7.80. The van der Waals surface area contributed by atoms with Crippen molar-refractivity contribution in [2.24, 2.45) is 5.11 Å². The molecule has 0 aliphatic rings. The smallest absolute Gasteiger partial charge is 0.264 e. The lowest BCUT2D eigenvalue weighted by molar-refractivity contribution is 0.00984. The molecule has 0 rings (SSSR count). The Morgan fingerprint density at radius 1 is 0.625 bits per heavy atom. The molecule has 0 spiro atoms. The first kappa shape index (κ1) is 33.2. The third-order valence-electron chi connectivity index (χ3n) is 3.11. The Kier molecular flexibility index (Phi) is 29.0. The van der Waals surface area contributed by atoms with Crippen molar-refractivity contribution in [3.63, 3.8) is 0 Å². The topological polar surface area (TPSA) is 148 Å². The van der Waals surface area contributed by atoms with Gasteiger partial charge in [0.25, 0.3) is 10.1 Å². The molecule has 12 nitrogen and oxygen atoms in total. The van der Waals surface area contributed by atoms with Crippen LogP contribution in [-0.4, -0.2) is 107 Å². The Labute approximate surface area is 192 Å². The number of hydrogen-bond acceptors (Lipinski definition) is 10. The predicted octanol–water partition coefficient (Wildman–Crippen LogP) is 2.18. The molecule has 13 heteroatoms. The van der Waals surface area contributed by atoms with Crippen LogP contribution >= 0.6 is 0 Å². The van der Waals surface area contributed by atoms with Gasteiger partial charge in [-0.25, -0.2) is 0 Å². The normalized spacial score (nSPS) is 11.0. The molecular formula is C19H41N3O9S. The van der Waals surface area contributed by atoms with Gasteiger partial charge in [0.05, 0.1) is 78.9 Å². The molecule has 0 bridgehead atoms. The van der Waals surface area contributed by atoms with Crippen LogP contribution in [0.3, 0.4) is 0 Å². The van der Waals surface area contributed by atoms with Gasteiger partial charge in [-0.2, -0.15) is 8.42 Å². The summed E-state index contributed by atoms with van der Waals surface area (Å²) in [5.74, 6) is 0. The Balaban J connectivity index is 0. The molecule has 0 N–H and O–H groups in total. The molecule has 0 saturated carbocycles. The number of hydrogen-bond donors (Lipinski definition) is 0. The van der Waals surface area contributed by atoms with Gasteiger partial charge in [0.15, 0.2) is 0 Å². The molecule has 0 heterocycles. The molecule has 0 aromatic rings. The van der Waals surface area contributed by atoms with Crippen molar-refractivity contribution in [1.29, 1.82) is 0 Å². The van der Waals surface area contributed by atoms with Gasteiger partial charge in [-0.1, -0.05) is 19.0 Å². The van der Waals surface area contributed by atoms with Crippen LogP contribution in [0.25, 0.3) is 10.4 Å². The number of rotatable bonds is 23. The van der Waals surface area contributed by atoms with Crippen molar-refractivity contribution in [3.8, 4) is 0 Å². The zero-order chi connectivity index (χ0) is 24.2. The molecule has 0 fully saturated rings. The van der Waals surface area contributed by atoms with Gasteiger partial charge in [-0.05, 0) is 18.4 Å². The van der Waals surface area contributed by atoms with Gasteiger partial charge in [0.1, 0.15) is 0 Å². The average molecular weight is 488 g/mol. The van der Waals surface area contributed by atoms with E-state index in [0.29, 0.717) is 66.0 Å². The fraction of sp³-hybridized carbons (Fsp3) is 1.00. The highest BCUT2D eigenvalue weighted by molar-refractivity contribution is 7.85. The van der Waals surface area contributed by atoms with Crippen LogP contribution in [-0.2, 0) is 42.7 Å². The third kappa shape index (κ3) is 36.4. The molecule has 0 saturated heterocycles.